The number of hydrogen-bond acceptors (Lipinski definition) is 3. The number of hydrogen-bond donors (Lipinski definition) is 2. The molecule has 0 bridgehead atoms. The van der Waals surface area contributed by atoms with Gasteiger partial charge in [0.15, 0.2) is 0 Å². The summed E-state index contributed by atoms with van der Waals surface area (Å²) < 4.78 is 0. The monoisotopic (exact) mass is 267 g/mol. The SMILES string of the molecule is CC1CC(CN)CN1c1ccc(C(N)=O)cc1Cl. The number of amides is 1. The van der Waals surface area contributed by atoms with Crippen LogP contribution in [0, 0.1) is 5.92 Å². The average molecular weight is 268 g/mol. The molecule has 0 saturated carbocycles. The minimum absolute atomic E-state index is 0.412. The second kappa shape index (κ2) is 5.16. The zero-order valence-electron chi connectivity index (χ0n) is 10.4. The van der Waals surface area contributed by atoms with Gasteiger partial charge in [0.25, 0.3) is 0 Å². The molecule has 1 saturated heterocycles. The summed E-state index contributed by atoms with van der Waals surface area (Å²) in [6.45, 7) is 3.76. The first-order chi connectivity index (χ1) is 8.52. The highest BCUT2D eigenvalue weighted by Gasteiger charge is 2.29. The third-order valence-corrected chi connectivity index (χ3v) is 3.84. The van der Waals surface area contributed by atoms with E-state index in [1.165, 1.54) is 0 Å². The zero-order chi connectivity index (χ0) is 13.3. The van der Waals surface area contributed by atoms with Crippen molar-refractivity contribution in [1.29, 1.82) is 0 Å². The third-order valence-electron chi connectivity index (χ3n) is 3.54. The minimum Gasteiger partial charge on any atom is -0.367 e. The van der Waals surface area contributed by atoms with Gasteiger partial charge in [-0.05, 0) is 44.0 Å². The van der Waals surface area contributed by atoms with Crippen LogP contribution in [-0.4, -0.2) is 25.0 Å². The maximum atomic E-state index is 11.1. The van der Waals surface area contributed by atoms with Crippen LogP contribution in [0.1, 0.15) is 23.7 Å². The number of rotatable bonds is 3. The minimum atomic E-state index is -0.460. The molecule has 1 fully saturated rings. The molecule has 1 aromatic rings. The lowest BCUT2D eigenvalue weighted by molar-refractivity contribution is 0.100. The molecule has 4 N–H and O–H groups in total. The molecule has 1 amide bonds. The lowest BCUT2D eigenvalue weighted by Gasteiger charge is -2.25. The number of halogens is 1. The summed E-state index contributed by atoms with van der Waals surface area (Å²) in [6.07, 6.45) is 1.07. The lowest BCUT2D eigenvalue weighted by Crippen LogP contribution is -2.28. The fourth-order valence-electron chi connectivity index (χ4n) is 2.54. The zero-order valence-corrected chi connectivity index (χ0v) is 11.2. The van der Waals surface area contributed by atoms with Crippen molar-refractivity contribution < 1.29 is 4.79 Å². The van der Waals surface area contributed by atoms with Crippen LogP contribution >= 0.6 is 11.6 Å². The number of primary amides is 1. The van der Waals surface area contributed by atoms with Crippen molar-refractivity contribution in [3.63, 3.8) is 0 Å². The van der Waals surface area contributed by atoms with E-state index in [1.54, 1.807) is 12.1 Å². The Labute approximate surface area is 112 Å². The van der Waals surface area contributed by atoms with Crippen molar-refractivity contribution in [1.82, 2.24) is 0 Å². The molecule has 1 aliphatic rings. The van der Waals surface area contributed by atoms with Gasteiger partial charge in [-0.25, -0.2) is 0 Å². The van der Waals surface area contributed by atoms with Gasteiger partial charge in [-0.15, -0.1) is 0 Å². The van der Waals surface area contributed by atoms with Crippen molar-refractivity contribution in [2.45, 2.75) is 19.4 Å². The first-order valence-corrected chi connectivity index (χ1v) is 6.46. The Morgan fingerprint density at radius 3 is 2.78 bits per heavy atom. The molecule has 1 heterocycles. The topological polar surface area (TPSA) is 72.3 Å². The predicted molar refractivity (Wildman–Crippen MR) is 73.9 cm³/mol. The van der Waals surface area contributed by atoms with E-state index in [2.05, 4.69) is 11.8 Å². The molecule has 0 spiro atoms. The largest absolute Gasteiger partial charge is 0.367 e. The van der Waals surface area contributed by atoms with Gasteiger partial charge in [0.2, 0.25) is 5.91 Å². The highest BCUT2D eigenvalue weighted by atomic mass is 35.5. The number of carbonyl (C=O) groups excluding carboxylic acids is 1. The summed E-state index contributed by atoms with van der Waals surface area (Å²) in [5.74, 6) is 0.0460. The van der Waals surface area contributed by atoms with Crippen molar-refractivity contribution in [3.05, 3.63) is 28.8 Å². The molecule has 1 aromatic carbocycles. The van der Waals surface area contributed by atoms with Crippen molar-refractivity contribution in [2.75, 3.05) is 18.0 Å². The van der Waals surface area contributed by atoms with Gasteiger partial charge in [-0.3, -0.25) is 4.79 Å². The fourth-order valence-corrected chi connectivity index (χ4v) is 2.83. The summed E-state index contributed by atoms with van der Waals surface area (Å²) in [5.41, 5.74) is 12.3. The van der Waals surface area contributed by atoms with Gasteiger partial charge in [-0.2, -0.15) is 0 Å². The van der Waals surface area contributed by atoms with Gasteiger partial charge in [0.1, 0.15) is 0 Å². The van der Waals surface area contributed by atoms with E-state index < -0.39 is 5.91 Å². The second-order valence-electron chi connectivity index (χ2n) is 4.87. The van der Waals surface area contributed by atoms with E-state index in [1.807, 2.05) is 6.07 Å². The van der Waals surface area contributed by atoms with E-state index in [-0.39, 0.29) is 0 Å². The van der Waals surface area contributed by atoms with Crippen molar-refractivity contribution >= 4 is 23.2 Å². The Kier molecular flexibility index (Phi) is 3.78. The second-order valence-corrected chi connectivity index (χ2v) is 5.28. The van der Waals surface area contributed by atoms with Crippen LogP contribution in [0.15, 0.2) is 18.2 Å². The van der Waals surface area contributed by atoms with E-state index in [0.717, 1.165) is 18.7 Å². The maximum Gasteiger partial charge on any atom is 0.248 e. The number of nitrogens with zero attached hydrogens (tertiary/aromatic N) is 1. The van der Waals surface area contributed by atoms with E-state index >= 15 is 0 Å². The highest BCUT2D eigenvalue weighted by Crippen LogP contribution is 2.34. The summed E-state index contributed by atoms with van der Waals surface area (Å²) in [5, 5.41) is 0.566. The molecule has 0 aliphatic carbocycles. The summed E-state index contributed by atoms with van der Waals surface area (Å²) in [4.78, 5) is 13.3. The molecule has 2 atom stereocenters. The number of carbonyl (C=O) groups is 1. The molecule has 5 heteroatoms. The quantitative estimate of drug-likeness (QED) is 0.874. The van der Waals surface area contributed by atoms with Gasteiger partial charge in [0.05, 0.1) is 10.7 Å². The Hall–Kier alpha value is -1.26. The van der Waals surface area contributed by atoms with E-state index in [9.17, 15) is 4.79 Å². The van der Waals surface area contributed by atoms with Crippen molar-refractivity contribution in [3.8, 4) is 0 Å². The number of nitrogens with two attached hydrogens (primary N) is 2. The molecule has 0 aromatic heterocycles. The molecule has 1 aliphatic heterocycles. The van der Waals surface area contributed by atoms with Crippen LogP contribution in [0.2, 0.25) is 5.02 Å². The van der Waals surface area contributed by atoms with Crippen LogP contribution in [-0.2, 0) is 0 Å². The molecule has 98 valence electrons. The summed E-state index contributed by atoms with van der Waals surface area (Å²) in [6, 6.07) is 5.61. The number of benzene rings is 1. The van der Waals surface area contributed by atoms with Crippen LogP contribution in [0.25, 0.3) is 0 Å². The highest BCUT2D eigenvalue weighted by molar-refractivity contribution is 6.33. The molecule has 4 nitrogen and oxygen atoms in total. The Morgan fingerprint density at radius 1 is 1.56 bits per heavy atom. The summed E-state index contributed by atoms with van der Waals surface area (Å²) in [7, 11) is 0. The molecule has 0 radical (unpaired) electrons. The Bertz CT molecular complexity index is 464. The smallest absolute Gasteiger partial charge is 0.248 e. The third kappa shape index (κ3) is 2.44. The first-order valence-electron chi connectivity index (χ1n) is 6.09. The molecular formula is C13H18ClN3O. The first kappa shape index (κ1) is 13.2. The molecule has 2 rings (SSSR count). The van der Waals surface area contributed by atoms with Crippen molar-refractivity contribution in [2.24, 2.45) is 17.4 Å². The number of anilines is 1. The van der Waals surface area contributed by atoms with E-state index in [0.29, 0.717) is 29.1 Å². The van der Waals surface area contributed by atoms with Crippen LogP contribution in [0.3, 0.4) is 0 Å². The van der Waals surface area contributed by atoms with Crippen LogP contribution < -0.4 is 16.4 Å². The maximum absolute atomic E-state index is 11.1. The van der Waals surface area contributed by atoms with Crippen LogP contribution in [0.4, 0.5) is 5.69 Å². The van der Waals surface area contributed by atoms with E-state index in [4.69, 9.17) is 23.1 Å². The molecule has 2 unspecified atom stereocenters. The van der Waals surface area contributed by atoms with Gasteiger partial charge in [0, 0.05) is 18.2 Å². The van der Waals surface area contributed by atoms with Gasteiger partial charge < -0.3 is 16.4 Å². The van der Waals surface area contributed by atoms with Gasteiger partial charge >= 0.3 is 0 Å². The predicted octanol–water partition coefficient (Wildman–Crippen LogP) is 1.61. The average Bonchev–Trinajstić information content (AvgIpc) is 2.70. The fraction of sp³-hybridized carbons (Fsp3) is 0.462. The molecule has 18 heavy (non-hydrogen) atoms. The molecular weight excluding hydrogens is 250 g/mol. The van der Waals surface area contributed by atoms with Gasteiger partial charge in [-0.1, -0.05) is 11.6 Å². The Morgan fingerprint density at radius 2 is 2.28 bits per heavy atom. The Balaban J connectivity index is 2.26. The summed E-state index contributed by atoms with van der Waals surface area (Å²) >= 11 is 6.23. The lowest BCUT2D eigenvalue weighted by atomic mass is 10.1. The van der Waals surface area contributed by atoms with Crippen LogP contribution in [0.5, 0.6) is 0 Å². The normalized spacial score (nSPS) is 23.4. The standard InChI is InChI=1S/C13H18ClN3O/c1-8-4-9(6-15)7-17(8)12-3-2-10(13(16)18)5-11(12)14/h2-3,5,8-9H,4,6-7,15H2,1H3,(H2,16,18).